The van der Waals surface area contributed by atoms with Gasteiger partial charge in [-0.3, -0.25) is 0 Å². The van der Waals surface area contributed by atoms with Crippen molar-refractivity contribution in [2.75, 3.05) is 0 Å². The van der Waals surface area contributed by atoms with Crippen LogP contribution in [0.25, 0.3) is 0 Å². The van der Waals surface area contributed by atoms with Gasteiger partial charge in [0.05, 0.1) is 12.2 Å². The van der Waals surface area contributed by atoms with E-state index in [4.69, 9.17) is 28.8 Å². The summed E-state index contributed by atoms with van der Waals surface area (Å²) in [5.41, 5.74) is 0. The largest absolute Gasteiger partial charge is 0.479 e. The Labute approximate surface area is 187 Å². The van der Waals surface area contributed by atoms with Crippen LogP contribution in [0, 0.1) is 0 Å². The van der Waals surface area contributed by atoms with Gasteiger partial charge in [-0.15, -0.1) is 0 Å². The summed E-state index contributed by atoms with van der Waals surface area (Å²) in [6.45, 7) is 2.76. The predicted molar refractivity (Wildman–Crippen MR) is 99.0 cm³/mol. The van der Waals surface area contributed by atoms with Crippen LogP contribution in [0.2, 0.25) is 0 Å². The van der Waals surface area contributed by atoms with E-state index in [-0.39, 0.29) is 0 Å². The van der Waals surface area contributed by atoms with Crippen molar-refractivity contribution in [3.05, 3.63) is 0 Å². The van der Waals surface area contributed by atoms with Crippen molar-refractivity contribution < 1.29 is 74.4 Å². The number of carbonyl (C=O) groups is 1. The molecule has 15 nitrogen and oxygen atoms in total. The molecule has 0 radical (unpaired) electrons. The zero-order valence-corrected chi connectivity index (χ0v) is 17.6. The lowest BCUT2D eigenvalue weighted by molar-refractivity contribution is -0.385. The molecule has 15 heteroatoms. The van der Waals surface area contributed by atoms with Gasteiger partial charge in [0.15, 0.2) is 25.0 Å². The third kappa shape index (κ3) is 5.15. The van der Waals surface area contributed by atoms with Gasteiger partial charge < -0.3 is 69.6 Å². The minimum absolute atomic E-state index is 0.989. The van der Waals surface area contributed by atoms with Crippen LogP contribution in [0.5, 0.6) is 0 Å². The summed E-state index contributed by atoms with van der Waals surface area (Å²) in [6.07, 6.45) is -24.8. The molecule has 1 unspecified atom stereocenters. The van der Waals surface area contributed by atoms with Crippen LogP contribution < -0.4 is 0 Å². The lowest BCUT2D eigenvalue weighted by atomic mass is 9.96. The minimum Gasteiger partial charge on any atom is -0.479 e. The third-order valence-corrected chi connectivity index (χ3v) is 5.98. The first-order valence-electron chi connectivity index (χ1n) is 10.3. The van der Waals surface area contributed by atoms with E-state index in [1.807, 2.05) is 0 Å². The van der Waals surface area contributed by atoms with E-state index in [9.17, 15) is 45.6 Å². The molecule has 0 aliphatic carbocycles. The molecule has 3 saturated heterocycles. The molecule has 0 aromatic heterocycles. The second-order valence-electron chi connectivity index (χ2n) is 8.34. The smallest absolute Gasteiger partial charge is 0.335 e. The van der Waals surface area contributed by atoms with Crippen LogP contribution in [0.15, 0.2) is 0 Å². The minimum atomic E-state index is -2.04. The fourth-order valence-electron chi connectivity index (χ4n) is 3.89. The number of hydrogen-bond acceptors (Lipinski definition) is 14. The molecule has 0 spiro atoms. The van der Waals surface area contributed by atoms with Crippen molar-refractivity contribution in [1.82, 2.24) is 0 Å². The number of aliphatic hydroxyl groups excluding tert-OH is 8. The van der Waals surface area contributed by atoms with Crippen molar-refractivity contribution in [3.8, 4) is 0 Å². The number of carboxylic acids is 1. The van der Waals surface area contributed by atoms with E-state index in [2.05, 4.69) is 0 Å². The maximum absolute atomic E-state index is 11.1. The SMILES string of the molecule is C[C@@H]1O[C@@H](O[C@H]2[C@H](O[C@H]3C(O)O[C@H](C(=O)O)[C@@H](O)[C@@H]3O)O[C@@H](C)[C@H](O)[C@H]2O)[C@H](O)[C@H](O)[C@H]1O. The summed E-state index contributed by atoms with van der Waals surface area (Å²) in [5.74, 6) is -1.64. The molecule has 9 N–H and O–H groups in total. The zero-order valence-electron chi connectivity index (χ0n) is 17.6. The molecule has 0 aromatic rings. The fraction of sp³-hybridized carbons (Fsp3) is 0.944. The molecule has 192 valence electrons. The number of aliphatic hydroxyl groups is 8. The number of rotatable bonds is 5. The lowest BCUT2D eigenvalue weighted by Crippen LogP contribution is -2.66. The van der Waals surface area contributed by atoms with Crippen molar-refractivity contribution in [1.29, 1.82) is 0 Å². The summed E-state index contributed by atoms with van der Waals surface area (Å²) in [4.78, 5) is 11.1. The second kappa shape index (κ2) is 10.3. The summed E-state index contributed by atoms with van der Waals surface area (Å²) >= 11 is 0. The van der Waals surface area contributed by atoms with E-state index < -0.39 is 98.1 Å². The van der Waals surface area contributed by atoms with Gasteiger partial charge in [0.25, 0.3) is 0 Å². The van der Waals surface area contributed by atoms with Crippen LogP contribution in [-0.2, 0) is 28.5 Å². The van der Waals surface area contributed by atoms with Gasteiger partial charge in [-0.25, -0.2) is 4.79 Å². The summed E-state index contributed by atoms with van der Waals surface area (Å²) < 4.78 is 26.5. The highest BCUT2D eigenvalue weighted by molar-refractivity contribution is 5.73. The zero-order chi connectivity index (χ0) is 24.8. The average molecular weight is 486 g/mol. The van der Waals surface area contributed by atoms with Gasteiger partial charge in [0, 0.05) is 0 Å². The maximum atomic E-state index is 11.1. The Hall–Kier alpha value is -1.05. The lowest BCUT2D eigenvalue weighted by Gasteiger charge is -2.47. The molecule has 3 heterocycles. The van der Waals surface area contributed by atoms with E-state index in [0.29, 0.717) is 0 Å². The standard InChI is InChI=1S/C18H30O15/c1-3-5(19)7(21)11(25)17(29-3)33-14-8(22)6(20)4(2)30-18(14)32-13-10(24)9(23)12(15(26)27)31-16(13)28/h3-14,16-25,28H,1-2H3,(H,26,27)/t3-,4-,5-,6-,7+,8+,9-,10-,11+,12-,13+,14+,16?,17-,18-/m0/s1. The Morgan fingerprint density at radius 1 is 0.606 bits per heavy atom. The van der Waals surface area contributed by atoms with Crippen LogP contribution >= 0.6 is 0 Å². The predicted octanol–water partition coefficient (Wildman–Crippen LogP) is -5.43. The summed E-state index contributed by atoms with van der Waals surface area (Å²) in [5, 5.41) is 90.2. The average Bonchev–Trinajstić information content (AvgIpc) is 2.76. The number of carboxylic acid groups (broad SMARTS) is 1. The Bertz CT molecular complexity index is 679. The van der Waals surface area contributed by atoms with Crippen LogP contribution in [0.4, 0.5) is 0 Å². The van der Waals surface area contributed by atoms with E-state index in [1.165, 1.54) is 13.8 Å². The van der Waals surface area contributed by atoms with E-state index >= 15 is 0 Å². The Morgan fingerprint density at radius 2 is 1.09 bits per heavy atom. The van der Waals surface area contributed by atoms with Gasteiger partial charge in [0.1, 0.15) is 54.9 Å². The highest BCUT2D eigenvalue weighted by atomic mass is 16.8. The number of aliphatic carboxylic acids is 1. The molecule has 0 amide bonds. The normalized spacial score (nSPS) is 53.6. The molecular weight excluding hydrogens is 456 g/mol. The van der Waals surface area contributed by atoms with Crippen LogP contribution in [-0.4, -0.2) is 144 Å². The monoisotopic (exact) mass is 486 g/mol. The maximum Gasteiger partial charge on any atom is 0.335 e. The van der Waals surface area contributed by atoms with E-state index in [1.54, 1.807) is 0 Å². The molecule has 33 heavy (non-hydrogen) atoms. The third-order valence-electron chi connectivity index (χ3n) is 5.98. The van der Waals surface area contributed by atoms with Crippen LogP contribution in [0.1, 0.15) is 13.8 Å². The summed E-state index contributed by atoms with van der Waals surface area (Å²) in [7, 11) is 0. The second-order valence-corrected chi connectivity index (χ2v) is 8.34. The number of ether oxygens (including phenoxy) is 5. The first kappa shape index (κ1) is 26.6. The summed E-state index contributed by atoms with van der Waals surface area (Å²) in [6, 6.07) is 0. The van der Waals surface area contributed by atoms with Crippen molar-refractivity contribution in [3.63, 3.8) is 0 Å². The molecule has 3 aliphatic rings. The van der Waals surface area contributed by atoms with Crippen molar-refractivity contribution in [2.24, 2.45) is 0 Å². The first-order chi connectivity index (χ1) is 15.3. The molecule has 0 aromatic carbocycles. The molecule has 15 atom stereocenters. The molecular formula is C18H30O15. The van der Waals surface area contributed by atoms with Crippen molar-refractivity contribution in [2.45, 2.75) is 106 Å². The van der Waals surface area contributed by atoms with Crippen LogP contribution in [0.3, 0.4) is 0 Å². The molecule has 3 aliphatic heterocycles. The molecule has 0 saturated carbocycles. The highest BCUT2D eigenvalue weighted by Gasteiger charge is 2.53. The first-order valence-corrected chi connectivity index (χ1v) is 10.3. The fourth-order valence-corrected chi connectivity index (χ4v) is 3.89. The van der Waals surface area contributed by atoms with Gasteiger partial charge in [0.2, 0.25) is 0 Å². The number of hydrogen-bond donors (Lipinski definition) is 9. The van der Waals surface area contributed by atoms with Gasteiger partial charge in [-0.1, -0.05) is 0 Å². The Morgan fingerprint density at radius 3 is 1.67 bits per heavy atom. The highest BCUT2D eigenvalue weighted by Crippen LogP contribution is 2.32. The van der Waals surface area contributed by atoms with Crippen molar-refractivity contribution >= 4 is 5.97 Å². The molecule has 3 fully saturated rings. The molecule has 3 rings (SSSR count). The van der Waals surface area contributed by atoms with Gasteiger partial charge in [-0.05, 0) is 13.8 Å². The Kier molecular flexibility index (Phi) is 8.28. The van der Waals surface area contributed by atoms with E-state index in [0.717, 1.165) is 0 Å². The molecule has 0 bridgehead atoms. The Balaban J connectivity index is 1.79. The topological polar surface area (TPSA) is 245 Å². The van der Waals surface area contributed by atoms with Gasteiger partial charge in [-0.2, -0.15) is 0 Å². The van der Waals surface area contributed by atoms with Gasteiger partial charge >= 0.3 is 5.97 Å². The quantitative estimate of drug-likeness (QED) is 0.176.